The summed E-state index contributed by atoms with van der Waals surface area (Å²) in [6, 6.07) is 10.3. The fourth-order valence-corrected chi connectivity index (χ4v) is 7.72. The topological polar surface area (TPSA) is 36.9 Å². The molecular formula is C34H32F6N4. The molecule has 0 amide bonds. The normalized spacial score (nSPS) is 22.2. The third-order valence-electron chi connectivity index (χ3n) is 10.0. The molecule has 0 spiro atoms. The Hall–Kier alpha value is -3.79. The third kappa shape index (κ3) is 3.85. The standard InChI is InChI=1S/C34H32F6N4/c1-6-19-8-7-9-22-26-14-18(2)27-24(12-13-41-27)32(26,5)30-23-17-43(31(3,4)29(23)42-44(30)28(19)22)16-20-10-11-21(33(35,36)37)15-25(20)34(38,39)40/h7-15,18,41H,6,16-17H2,1-5H3. The Labute approximate surface area is 251 Å². The van der Waals surface area contributed by atoms with Gasteiger partial charge in [-0.15, -0.1) is 0 Å². The molecule has 4 nitrogen and oxygen atoms in total. The van der Waals surface area contributed by atoms with Crippen molar-refractivity contribution in [3.8, 4) is 5.69 Å². The molecular weight excluding hydrogens is 578 g/mol. The van der Waals surface area contributed by atoms with E-state index in [0.29, 0.717) is 6.54 Å². The monoisotopic (exact) mass is 610 g/mol. The van der Waals surface area contributed by atoms with Crippen molar-refractivity contribution in [2.75, 3.05) is 0 Å². The van der Waals surface area contributed by atoms with Gasteiger partial charge < -0.3 is 4.98 Å². The van der Waals surface area contributed by atoms with Crippen LogP contribution in [-0.4, -0.2) is 19.7 Å². The summed E-state index contributed by atoms with van der Waals surface area (Å²) in [7, 11) is 0. The van der Waals surface area contributed by atoms with Crippen LogP contribution in [0.4, 0.5) is 26.3 Å². The zero-order chi connectivity index (χ0) is 31.6. The van der Waals surface area contributed by atoms with E-state index in [4.69, 9.17) is 5.10 Å². The van der Waals surface area contributed by atoms with Gasteiger partial charge in [-0.3, -0.25) is 4.90 Å². The van der Waals surface area contributed by atoms with Crippen LogP contribution < -0.4 is 0 Å². The van der Waals surface area contributed by atoms with Crippen molar-refractivity contribution in [2.24, 2.45) is 0 Å². The summed E-state index contributed by atoms with van der Waals surface area (Å²) < 4.78 is 84.4. The largest absolute Gasteiger partial charge is 0.416 e. The zero-order valence-corrected chi connectivity index (χ0v) is 25.0. The molecule has 0 radical (unpaired) electrons. The number of rotatable bonds is 3. The highest BCUT2D eigenvalue weighted by Gasteiger charge is 2.53. The second-order valence-corrected chi connectivity index (χ2v) is 12.8. The van der Waals surface area contributed by atoms with E-state index in [-0.39, 0.29) is 24.1 Å². The van der Waals surface area contributed by atoms with E-state index in [2.05, 4.69) is 60.8 Å². The SMILES string of the molecule is CCc1cccc2c1-n1nc3c(c1C1(C)C2=CC(C)c2[nH]ccc21)CN(Cc1ccc(C(F)(F)F)cc1C(F)(F)F)C3(C)C. The zero-order valence-electron chi connectivity index (χ0n) is 25.0. The van der Waals surface area contributed by atoms with E-state index in [0.717, 1.165) is 63.6 Å². The summed E-state index contributed by atoms with van der Waals surface area (Å²) in [5.41, 5.74) is 5.26. The molecule has 1 aliphatic carbocycles. The molecule has 0 saturated heterocycles. The van der Waals surface area contributed by atoms with Crippen LogP contribution in [-0.2, 0) is 42.8 Å². The summed E-state index contributed by atoms with van der Waals surface area (Å²) in [6.07, 6.45) is -4.77. The molecule has 0 fully saturated rings. The predicted molar refractivity (Wildman–Crippen MR) is 155 cm³/mol. The van der Waals surface area contributed by atoms with Gasteiger partial charge in [-0.2, -0.15) is 31.4 Å². The van der Waals surface area contributed by atoms with Gasteiger partial charge in [0, 0.05) is 42.0 Å². The van der Waals surface area contributed by atoms with E-state index in [1.54, 1.807) is 0 Å². The van der Waals surface area contributed by atoms with E-state index in [1.807, 2.05) is 24.9 Å². The predicted octanol–water partition coefficient (Wildman–Crippen LogP) is 8.87. The highest BCUT2D eigenvalue weighted by molar-refractivity contribution is 5.89. The fourth-order valence-electron chi connectivity index (χ4n) is 7.72. The Bertz CT molecular complexity index is 1850. The summed E-state index contributed by atoms with van der Waals surface area (Å²) in [5, 5.41) is 5.22. The van der Waals surface area contributed by atoms with Gasteiger partial charge in [-0.25, -0.2) is 4.68 Å². The summed E-state index contributed by atoms with van der Waals surface area (Å²) in [5.74, 6) is 0.150. The molecule has 2 atom stereocenters. The molecule has 4 aromatic rings. The molecule has 3 aliphatic rings. The first-order valence-corrected chi connectivity index (χ1v) is 14.8. The minimum atomic E-state index is -4.94. The van der Waals surface area contributed by atoms with E-state index < -0.39 is 34.4 Å². The Balaban J connectivity index is 1.40. The van der Waals surface area contributed by atoms with Crippen molar-refractivity contribution in [1.29, 1.82) is 0 Å². The van der Waals surface area contributed by atoms with Crippen molar-refractivity contribution in [1.82, 2.24) is 19.7 Å². The van der Waals surface area contributed by atoms with Crippen LogP contribution in [0.3, 0.4) is 0 Å². The highest BCUT2D eigenvalue weighted by Crippen LogP contribution is 2.58. The molecule has 2 unspecified atom stereocenters. The Kier molecular flexibility index (Phi) is 6.00. The maximum Gasteiger partial charge on any atom is 0.416 e. The average molecular weight is 611 g/mol. The summed E-state index contributed by atoms with van der Waals surface area (Å²) in [6.45, 7) is 10.4. The van der Waals surface area contributed by atoms with Crippen molar-refractivity contribution in [3.63, 3.8) is 0 Å². The number of benzene rings is 2. The smallest absolute Gasteiger partial charge is 0.364 e. The maximum atomic E-state index is 14.1. The van der Waals surface area contributed by atoms with Crippen molar-refractivity contribution in [2.45, 2.75) is 83.4 Å². The van der Waals surface area contributed by atoms with Gasteiger partial charge in [0.25, 0.3) is 0 Å². The molecule has 4 heterocycles. The lowest BCUT2D eigenvalue weighted by Gasteiger charge is -2.43. The lowest BCUT2D eigenvalue weighted by molar-refractivity contribution is -0.143. The van der Waals surface area contributed by atoms with Gasteiger partial charge in [0.1, 0.15) is 0 Å². The lowest BCUT2D eigenvalue weighted by Crippen LogP contribution is -2.39. The first-order chi connectivity index (χ1) is 20.6. The molecule has 10 heteroatoms. The van der Waals surface area contributed by atoms with Crippen LogP contribution in [0.1, 0.15) is 96.6 Å². The number of H-pyrrole nitrogens is 1. The Morgan fingerprint density at radius 1 is 0.977 bits per heavy atom. The van der Waals surface area contributed by atoms with Gasteiger partial charge in [-0.05, 0) is 67.7 Å². The lowest BCUT2D eigenvalue weighted by atomic mass is 9.63. The van der Waals surface area contributed by atoms with Crippen LogP contribution in [0.5, 0.6) is 0 Å². The number of aryl methyl sites for hydroxylation is 1. The highest BCUT2D eigenvalue weighted by atomic mass is 19.4. The van der Waals surface area contributed by atoms with Crippen molar-refractivity contribution < 1.29 is 26.3 Å². The van der Waals surface area contributed by atoms with Crippen LogP contribution in [0.15, 0.2) is 54.7 Å². The second-order valence-electron chi connectivity index (χ2n) is 12.8. The van der Waals surface area contributed by atoms with Crippen LogP contribution in [0.2, 0.25) is 0 Å². The number of hydrogen-bond acceptors (Lipinski definition) is 2. The molecule has 2 aliphatic heterocycles. The molecule has 0 saturated carbocycles. The maximum absolute atomic E-state index is 14.1. The summed E-state index contributed by atoms with van der Waals surface area (Å²) in [4.78, 5) is 5.31. The van der Waals surface area contributed by atoms with Crippen molar-refractivity contribution >= 4 is 5.57 Å². The van der Waals surface area contributed by atoms with E-state index in [1.165, 1.54) is 5.57 Å². The number of hydrogen-bond donors (Lipinski definition) is 1. The minimum absolute atomic E-state index is 0.150. The average Bonchev–Trinajstić information content (AvgIpc) is 3.65. The quantitative estimate of drug-likeness (QED) is 0.235. The fraction of sp³-hybridized carbons (Fsp3) is 0.382. The van der Waals surface area contributed by atoms with Crippen molar-refractivity contribution in [3.05, 3.63) is 111 Å². The number of aromatic amines is 1. The third-order valence-corrected chi connectivity index (χ3v) is 10.0. The minimum Gasteiger partial charge on any atom is -0.364 e. The van der Waals surface area contributed by atoms with Crippen LogP contribution in [0, 0.1) is 0 Å². The van der Waals surface area contributed by atoms with Gasteiger partial charge in [0.2, 0.25) is 0 Å². The molecule has 2 aromatic carbocycles. The number of fused-ring (bicyclic) bond motifs is 10. The number of para-hydroxylation sites is 1. The van der Waals surface area contributed by atoms with E-state index >= 15 is 0 Å². The molecule has 2 aromatic heterocycles. The summed E-state index contributed by atoms with van der Waals surface area (Å²) >= 11 is 0. The molecule has 1 N–H and O–H groups in total. The molecule has 7 rings (SSSR count). The van der Waals surface area contributed by atoms with Gasteiger partial charge >= 0.3 is 12.4 Å². The number of nitrogens with zero attached hydrogens (tertiary/aromatic N) is 3. The number of alkyl halides is 6. The number of nitrogens with one attached hydrogen (secondary N) is 1. The molecule has 230 valence electrons. The second kappa shape index (κ2) is 9.12. The van der Waals surface area contributed by atoms with E-state index in [9.17, 15) is 26.3 Å². The number of allylic oxidation sites excluding steroid dienone is 2. The molecule has 0 bridgehead atoms. The molecule has 44 heavy (non-hydrogen) atoms. The Morgan fingerprint density at radius 2 is 1.73 bits per heavy atom. The van der Waals surface area contributed by atoms with Gasteiger partial charge in [-0.1, -0.05) is 44.2 Å². The first-order valence-electron chi connectivity index (χ1n) is 14.8. The van der Waals surface area contributed by atoms with Crippen LogP contribution >= 0.6 is 0 Å². The first kappa shape index (κ1) is 29.0. The number of aromatic nitrogens is 3. The van der Waals surface area contributed by atoms with Crippen LogP contribution in [0.25, 0.3) is 11.3 Å². The number of halogens is 6. The van der Waals surface area contributed by atoms with Gasteiger partial charge in [0.15, 0.2) is 0 Å². The van der Waals surface area contributed by atoms with Gasteiger partial charge in [0.05, 0.1) is 39.2 Å². The Morgan fingerprint density at radius 3 is 2.41 bits per heavy atom.